The summed E-state index contributed by atoms with van der Waals surface area (Å²) in [4.78, 5) is 2.81. The highest BCUT2D eigenvalue weighted by atomic mass is 15.2. The average molecular weight is 272 g/mol. The molecule has 2 fully saturated rings. The molecule has 0 aromatic heterocycles. The van der Waals surface area contributed by atoms with E-state index in [9.17, 15) is 0 Å². The summed E-state index contributed by atoms with van der Waals surface area (Å²) in [5.41, 5.74) is 4.45. The minimum Gasteiger partial charge on any atom is -0.315 e. The van der Waals surface area contributed by atoms with E-state index in [1.54, 1.807) is 0 Å². The van der Waals surface area contributed by atoms with Crippen molar-refractivity contribution in [3.63, 3.8) is 0 Å². The van der Waals surface area contributed by atoms with Gasteiger partial charge < -0.3 is 5.32 Å². The van der Waals surface area contributed by atoms with Gasteiger partial charge in [-0.3, -0.25) is 4.90 Å². The zero-order chi connectivity index (χ0) is 13.9. The van der Waals surface area contributed by atoms with Crippen LogP contribution in [-0.2, 0) is 6.54 Å². The Kier molecular flexibility index (Phi) is 4.42. The number of hydrogen-bond donors (Lipinski definition) is 1. The summed E-state index contributed by atoms with van der Waals surface area (Å²) in [6.07, 6.45) is 6.98. The fourth-order valence-electron chi connectivity index (χ4n) is 3.89. The topological polar surface area (TPSA) is 15.3 Å². The van der Waals surface area contributed by atoms with Crippen molar-refractivity contribution in [1.82, 2.24) is 10.2 Å². The molecule has 2 heteroatoms. The van der Waals surface area contributed by atoms with Crippen LogP contribution in [0.4, 0.5) is 0 Å². The van der Waals surface area contributed by atoms with Gasteiger partial charge in [0.25, 0.3) is 0 Å². The standard InChI is InChI=1S/C18H28N2/c1-14-6-5-7-16(15(14)2)13-20(17-8-3-4-9-17)18-10-11-19-12-18/h5-7,17-19H,3-4,8-13H2,1-2H3/t18-/m0/s1. The number of rotatable bonds is 4. The third kappa shape index (κ3) is 2.91. The number of nitrogens with zero attached hydrogens (tertiary/aromatic N) is 1. The quantitative estimate of drug-likeness (QED) is 0.903. The highest BCUT2D eigenvalue weighted by Gasteiger charge is 2.30. The first-order valence-corrected chi connectivity index (χ1v) is 8.27. The van der Waals surface area contributed by atoms with Crippen LogP contribution in [0.1, 0.15) is 48.8 Å². The van der Waals surface area contributed by atoms with Crippen molar-refractivity contribution in [2.45, 2.75) is 64.6 Å². The smallest absolute Gasteiger partial charge is 0.0242 e. The van der Waals surface area contributed by atoms with Gasteiger partial charge in [-0.1, -0.05) is 31.0 Å². The van der Waals surface area contributed by atoms with Crippen LogP contribution in [0.25, 0.3) is 0 Å². The monoisotopic (exact) mass is 272 g/mol. The first kappa shape index (κ1) is 14.1. The number of benzene rings is 1. The normalized spacial score (nSPS) is 23.9. The van der Waals surface area contributed by atoms with E-state index in [0.717, 1.165) is 18.6 Å². The van der Waals surface area contributed by atoms with E-state index in [1.807, 2.05) is 0 Å². The second-order valence-electron chi connectivity index (χ2n) is 6.62. The maximum absolute atomic E-state index is 3.55. The Hall–Kier alpha value is -0.860. The molecule has 2 nitrogen and oxygen atoms in total. The summed E-state index contributed by atoms with van der Waals surface area (Å²) < 4.78 is 0. The van der Waals surface area contributed by atoms with Crippen LogP contribution in [0.15, 0.2) is 18.2 Å². The fourth-order valence-corrected chi connectivity index (χ4v) is 3.89. The molecule has 1 aromatic rings. The van der Waals surface area contributed by atoms with E-state index in [2.05, 4.69) is 42.3 Å². The average Bonchev–Trinajstić information content (AvgIpc) is 3.13. The summed E-state index contributed by atoms with van der Waals surface area (Å²) in [6, 6.07) is 8.35. The molecule has 2 aliphatic rings. The molecule has 1 aliphatic carbocycles. The van der Waals surface area contributed by atoms with E-state index in [0.29, 0.717) is 0 Å². The van der Waals surface area contributed by atoms with Gasteiger partial charge in [0.2, 0.25) is 0 Å². The maximum Gasteiger partial charge on any atom is 0.0242 e. The molecule has 0 spiro atoms. The van der Waals surface area contributed by atoms with Crippen molar-refractivity contribution in [2.24, 2.45) is 0 Å². The largest absolute Gasteiger partial charge is 0.315 e. The Bertz CT molecular complexity index is 427. The first-order valence-electron chi connectivity index (χ1n) is 8.27. The maximum atomic E-state index is 3.55. The Morgan fingerprint density at radius 3 is 2.60 bits per heavy atom. The van der Waals surface area contributed by atoms with Crippen LogP contribution >= 0.6 is 0 Å². The van der Waals surface area contributed by atoms with Crippen molar-refractivity contribution in [3.8, 4) is 0 Å². The molecule has 0 amide bonds. The Morgan fingerprint density at radius 1 is 1.10 bits per heavy atom. The minimum atomic E-state index is 0.748. The molecule has 1 N–H and O–H groups in total. The molecule has 1 heterocycles. The molecule has 0 unspecified atom stereocenters. The summed E-state index contributed by atoms with van der Waals surface area (Å²) in [5, 5.41) is 3.55. The van der Waals surface area contributed by atoms with Crippen LogP contribution in [0.2, 0.25) is 0 Å². The van der Waals surface area contributed by atoms with Gasteiger partial charge in [0.1, 0.15) is 0 Å². The molecule has 1 aromatic carbocycles. The summed E-state index contributed by atoms with van der Waals surface area (Å²) in [5.74, 6) is 0. The molecular weight excluding hydrogens is 244 g/mol. The predicted octanol–water partition coefficient (Wildman–Crippen LogP) is 3.41. The second kappa shape index (κ2) is 6.28. The SMILES string of the molecule is Cc1cccc(CN(C2CCCC2)[C@H]2CCNC2)c1C. The molecule has 1 atom stereocenters. The lowest BCUT2D eigenvalue weighted by Crippen LogP contribution is -2.42. The molecule has 1 saturated heterocycles. The number of hydrogen-bond acceptors (Lipinski definition) is 2. The van der Waals surface area contributed by atoms with Gasteiger partial charge in [-0.15, -0.1) is 0 Å². The molecule has 3 rings (SSSR count). The Balaban J connectivity index is 1.79. The number of nitrogens with one attached hydrogen (secondary N) is 1. The van der Waals surface area contributed by atoms with Crippen molar-refractivity contribution in [1.29, 1.82) is 0 Å². The van der Waals surface area contributed by atoms with E-state index in [-0.39, 0.29) is 0 Å². The van der Waals surface area contributed by atoms with Gasteiger partial charge in [0.05, 0.1) is 0 Å². The van der Waals surface area contributed by atoms with E-state index >= 15 is 0 Å². The zero-order valence-electron chi connectivity index (χ0n) is 13.0. The van der Waals surface area contributed by atoms with Gasteiger partial charge >= 0.3 is 0 Å². The van der Waals surface area contributed by atoms with Crippen molar-refractivity contribution >= 4 is 0 Å². The van der Waals surface area contributed by atoms with Gasteiger partial charge in [-0.05, 0) is 56.3 Å². The van der Waals surface area contributed by atoms with Crippen LogP contribution in [0.5, 0.6) is 0 Å². The predicted molar refractivity (Wildman–Crippen MR) is 85.0 cm³/mol. The molecule has 20 heavy (non-hydrogen) atoms. The van der Waals surface area contributed by atoms with E-state index < -0.39 is 0 Å². The summed E-state index contributed by atoms with van der Waals surface area (Å²) in [6.45, 7) is 8.03. The van der Waals surface area contributed by atoms with Crippen LogP contribution in [0.3, 0.4) is 0 Å². The Morgan fingerprint density at radius 2 is 1.90 bits per heavy atom. The van der Waals surface area contributed by atoms with Gasteiger partial charge in [-0.2, -0.15) is 0 Å². The van der Waals surface area contributed by atoms with E-state index in [4.69, 9.17) is 0 Å². The van der Waals surface area contributed by atoms with Crippen molar-refractivity contribution in [2.75, 3.05) is 13.1 Å². The van der Waals surface area contributed by atoms with Crippen LogP contribution in [-0.4, -0.2) is 30.1 Å². The lowest BCUT2D eigenvalue weighted by atomic mass is 10.0. The second-order valence-corrected chi connectivity index (χ2v) is 6.62. The van der Waals surface area contributed by atoms with Gasteiger partial charge in [0, 0.05) is 25.2 Å². The van der Waals surface area contributed by atoms with Crippen molar-refractivity contribution < 1.29 is 0 Å². The highest BCUT2D eigenvalue weighted by molar-refractivity contribution is 5.33. The third-order valence-corrected chi connectivity index (χ3v) is 5.37. The van der Waals surface area contributed by atoms with Crippen molar-refractivity contribution in [3.05, 3.63) is 34.9 Å². The zero-order valence-corrected chi connectivity index (χ0v) is 13.0. The van der Waals surface area contributed by atoms with Gasteiger partial charge in [-0.25, -0.2) is 0 Å². The molecule has 0 radical (unpaired) electrons. The Labute approximate surface area is 123 Å². The molecule has 110 valence electrons. The number of aryl methyl sites for hydroxylation is 1. The third-order valence-electron chi connectivity index (χ3n) is 5.37. The molecule has 0 bridgehead atoms. The fraction of sp³-hybridized carbons (Fsp3) is 0.667. The van der Waals surface area contributed by atoms with E-state index in [1.165, 1.54) is 61.9 Å². The summed E-state index contributed by atoms with van der Waals surface area (Å²) in [7, 11) is 0. The minimum absolute atomic E-state index is 0.748. The molecular formula is C18H28N2. The highest BCUT2D eigenvalue weighted by Crippen LogP contribution is 2.29. The van der Waals surface area contributed by atoms with Gasteiger partial charge in [0.15, 0.2) is 0 Å². The molecule has 1 saturated carbocycles. The van der Waals surface area contributed by atoms with Crippen LogP contribution < -0.4 is 5.32 Å². The lowest BCUT2D eigenvalue weighted by Gasteiger charge is -2.34. The summed E-state index contributed by atoms with van der Waals surface area (Å²) >= 11 is 0. The first-order chi connectivity index (χ1) is 9.75. The molecule has 1 aliphatic heterocycles. The lowest BCUT2D eigenvalue weighted by molar-refractivity contribution is 0.135. The van der Waals surface area contributed by atoms with Crippen LogP contribution in [0, 0.1) is 13.8 Å².